The van der Waals surface area contributed by atoms with Gasteiger partial charge in [0.15, 0.2) is 0 Å². The Balaban J connectivity index is 2.20. The fourth-order valence-electron chi connectivity index (χ4n) is 2.10. The number of carbonyl (C=O) groups is 2. The molecule has 0 fully saturated rings. The minimum absolute atomic E-state index is 0.0799. The van der Waals surface area contributed by atoms with Crippen molar-refractivity contribution in [2.24, 2.45) is 0 Å². The molecule has 1 amide bonds. The summed E-state index contributed by atoms with van der Waals surface area (Å²) < 4.78 is 19.0. The van der Waals surface area contributed by atoms with Crippen LogP contribution in [0, 0.1) is 5.82 Å². The fourth-order valence-corrected chi connectivity index (χ4v) is 2.33. The van der Waals surface area contributed by atoms with Crippen LogP contribution in [0.3, 0.4) is 0 Å². The third-order valence-electron chi connectivity index (χ3n) is 3.39. The van der Waals surface area contributed by atoms with Crippen molar-refractivity contribution in [2.75, 3.05) is 14.1 Å². The van der Waals surface area contributed by atoms with E-state index in [1.165, 1.54) is 29.2 Å². The van der Waals surface area contributed by atoms with Gasteiger partial charge in [0, 0.05) is 31.3 Å². The summed E-state index contributed by atoms with van der Waals surface area (Å²) in [4.78, 5) is 25.7. The molecule has 2 rings (SSSR count). The van der Waals surface area contributed by atoms with E-state index in [0.717, 1.165) is 6.08 Å². The lowest BCUT2D eigenvalue weighted by Gasteiger charge is -2.20. The monoisotopic (exact) mass is 361 g/mol. The molecule has 0 aliphatic rings. The van der Waals surface area contributed by atoms with Gasteiger partial charge in [-0.3, -0.25) is 4.79 Å². The second-order valence-corrected chi connectivity index (χ2v) is 5.84. The SMILES string of the molecule is CN(C)C(=O)[C@@H](OC(=O)/C=C/c1c(F)cccc1Cl)c1ccccc1. The third-order valence-corrected chi connectivity index (χ3v) is 3.72. The Kier molecular flexibility index (Phi) is 6.31. The highest BCUT2D eigenvalue weighted by Crippen LogP contribution is 2.22. The molecule has 130 valence electrons. The Morgan fingerprint density at radius 1 is 1.12 bits per heavy atom. The van der Waals surface area contributed by atoms with Crippen molar-refractivity contribution < 1.29 is 18.7 Å². The zero-order valence-electron chi connectivity index (χ0n) is 13.8. The molecule has 0 bridgehead atoms. The fraction of sp³-hybridized carbons (Fsp3) is 0.158. The summed E-state index contributed by atoms with van der Waals surface area (Å²) in [5.74, 6) is -1.71. The lowest BCUT2D eigenvalue weighted by atomic mass is 10.1. The largest absolute Gasteiger partial charge is 0.444 e. The molecule has 0 saturated heterocycles. The number of carbonyl (C=O) groups excluding carboxylic acids is 2. The quantitative estimate of drug-likeness (QED) is 0.600. The van der Waals surface area contributed by atoms with Gasteiger partial charge in [0.25, 0.3) is 5.91 Å². The van der Waals surface area contributed by atoms with Crippen molar-refractivity contribution in [3.05, 3.63) is 76.6 Å². The first kappa shape index (κ1) is 18.7. The van der Waals surface area contributed by atoms with Gasteiger partial charge in [-0.05, 0) is 18.2 Å². The molecule has 6 heteroatoms. The van der Waals surface area contributed by atoms with Crippen LogP contribution in [-0.4, -0.2) is 30.9 Å². The van der Waals surface area contributed by atoms with E-state index in [9.17, 15) is 14.0 Å². The number of rotatable bonds is 5. The van der Waals surface area contributed by atoms with Crippen molar-refractivity contribution in [3.63, 3.8) is 0 Å². The highest BCUT2D eigenvalue weighted by molar-refractivity contribution is 6.32. The second-order valence-electron chi connectivity index (χ2n) is 5.43. The zero-order valence-corrected chi connectivity index (χ0v) is 14.5. The summed E-state index contributed by atoms with van der Waals surface area (Å²) in [5, 5.41) is 0.174. The maximum Gasteiger partial charge on any atom is 0.331 e. The molecule has 0 saturated carbocycles. The van der Waals surface area contributed by atoms with Crippen molar-refractivity contribution >= 4 is 29.6 Å². The number of esters is 1. The number of benzene rings is 2. The predicted molar refractivity (Wildman–Crippen MR) is 94.4 cm³/mol. The average molecular weight is 362 g/mol. The summed E-state index contributed by atoms with van der Waals surface area (Å²) >= 11 is 5.90. The van der Waals surface area contributed by atoms with E-state index < -0.39 is 17.9 Å². The van der Waals surface area contributed by atoms with Crippen LogP contribution in [-0.2, 0) is 14.3 Å². The first-order valence-corrected chi connectivity index (χ1v) is 7.86. The maximum atomic E-state index is 13.7. The van der Waals surface area contributed by atoms with Crippen molar-refractivity contribution in [1.29, 1.82) is 0 Å². The van der Waals surface area contributed by atoms with Crippen LogP contribution in [0.5, 0.6) is 0 Å². The Morgan fingerprint density at radius 3 is 2.40 bits per heavy atom. The molecule has 0 aromatic heterocycles. The van der Waals surface area contributed by atoms with Crippen molar-refractivity contribution in [1.82, 2.24) is 4.90 Å². The number of likely N-dealkylation sites (N-methyl/N-ethyl adjacent to an activating group) is 1. The first-order chi connectivity index (χ1) is 11.9. The first-order valence-electron chi connectivity index (χ1n) is 7.49. The van der Waals surface area contributed by atoms with Crippen LogP contribution in [0.2, 0.25) is 5.02 Å². The minimum atomic E-state index is -1.08. The molecular weight excluding hydrogens is 345 g/mol. The molecule has 2 aromatic rings. The van der Waals surface area contributed by atoms with Gasteiger partial charge in [0.2, 0.25) is 6.10 Å². The van der Waals surface area contributed by atoms with E-state index in [2.05, 4.69) is 0 Å². The lowest BCUT2D eigenvalue weighted by molar-refractivity contribution is -0.155. The molecule has 0 spiro atoms. The van der Waals surface area contributed by atoms with E-state index >= 15 is 0 Å². The number of amides is 1. The van der Waals surface area contributed by atoms with E-state index in [1.807, 2.05) is 0 Å². The van der Waals surface area contributed by atoms with Gasteiger partial charge in [-0.1, -0.05) is 48.0 Å². The van der Waals surface area contributed by atoms with Crippen LogP contribution in [0.15, 0.2) is 54.6 Å². The van der Waals surface area contributed by atoms with Crippen LogP contribution < -0.4 is 0 Å². The van der Waals surface area contributed by atoms with Gasteiger partial charge in [-0.25, -0.2) is 9.18 Å². The summed E-state index contributed by atoms with van der Waals surface area (Å²) in [6.07, 6.45) is 1.19. The van der Waals surface area contributed by atoms with Crippen molar-refractivity contribution in [2.45, 2.75) is 6.10 Å². The summed E-state index contributed by atoms with van der Waals surface area (Å²) in [6.45, 7) is 0. The molecule has 0 aliphatic heterocycles. The van der Waals surface area contributed by atoms with E-state index in [1.54, 1.807) is 44.4 Å². The highest BCUT2D eigenvalue weighted by atomic mass is 35.5. The Hall–Kier alpha value is -2.66. The van der Waals surface area contributed by atoms with Gasteiger partial charge in [-0.2, -0.15) is 0 Å². The van der Waals surface area contributed by atoms with Crippen molar-refractivity contribution in [3.8, 4) is 0 Å². The van der Waals surface area contributed by atoms with Gasteiger partial charge in [-0.15, -0.1) is 0 Å². The summed E-state index contributed by atoms with van der Waals surface area (Å²) in [5.41, 5.74) is 0.628. The topological polar surface area (TPSA) is 46.6 Å². The molecular formula is C19H17ClFNO3. The van der Waals surface area contributed by atoms with Gasteiger partial charge in [0.05, 0.1) is 5.02 Å². The molecule has 25 heavy (non-hydrogen) atoms. The van der Waals surface area contributed by atoms with Crippen LogP contribution >= 0.6 is 11.6 Å². The number of hydrogen-bond acceptors (Lipinski definition) is 3. The molecule has 1 atom stereocenters. The zero-order chi connectivity index (χ0) is 18.4. The summed E-state index contributed by atoms with van der Waals surface area (Å²) in [6, 6.07) is 12.9. The van der Waals surface area contributed by atoms with E-state index in [0.29, 0.717) is 5.56 Å². The van der Waals surface area contributed by atoms with Gasteiger partial charge in [0.1, 0.15) is 5.82 Å². The molecule has 0 radical (unpaired) electrons. The molecule has 2 aromatic carbocycles. The second kappa shape index (κ2) is 8.44. The third kappa shape index (κ3) is 4.90. The summed E-state index contributed by atoms with van der Waals surface area (Å²) in [7, 11) is 3.14. The lowest BCUT2D eigenvalue weighted by Crippen LogP contribution is -2.30. The van der Waals surface area contributed by atoms with E-state index in [4.69, 9.17) is 16.3 Å². The van der Waals surface area contributed by atoms with Crippen LogP contribution in [0.4, 0.5) is 4.39 Å². The van der Waals surface area contributed by atoms with E-state index in [-0.39, 0.29) is 16.5 Å². The molecule has 0 heterocycles. The predicted octanol–water partition coefficient (Wildman–Crippen LogP) is 3.87. The van der Waals surface area contributed by atoms with Crippen LogP contribution in [0.1, 0.15) is 17.2 Å². The maximum absolute atomic E-state index is 13.7. The Morgan fingerprint density at radius 2 is 1.80 bits per heavy atom. The Bertz CT molecular complexity index is 770. The Labute approximate surface area is 150 Å². The normalized spacial score (nSPS) is 12.0. The molecule has 4 nitrogen and oxygen atoms in total. The molecule has 0 N–H and O–H groups in total. The average Bonchev–Trinajstić information content (AvgIpc) is 2.59. The highest BCUT2D eigenvalue weighted by Gasteiger charge is 2.25. The number of ether oxygens (including phenoxy) is 1. The number of nitrogens with zero attached hydrogens (tertiary/aromatic N) is 1. The smallest absolute Gasteiger partial charge is 0.331 e. The number of hydrogen-bond donors (Lipinski definition) is 0. The molecule has 0 aliphatic carbocycles. The standard InChI is InChI=1S/C19H17ClFNO3/c1-22(2)19(24)18(13-7-4-3-5-8-13)25-17(23)12-11-14-15(20)9-6-10-16(14)21/h3-12,18H,1-2H3/b12-11+/t18-/m0/s1. The van der Waals surface area contributed by atoms with Gasteiger partial charge >= 0.3 is 5.97 Å². The minimum Gasteiger partial charge on any atom is -0.444 e. The number of halogens is 2. The molecule has 0 unspecified atom stereocenters. The van der Waals surface area contributed by atoms with Crippen LogP contribution in [0.25, 0.3) is 6.08 Å². The van der Waals surface area contributed by atoms with Gasteiger partial charge < -0.3 is 9.64 Å².